The summed E-state index contributed by atoms with van der Waals surface area (Å²) in [6.45, 7) is 0. The molecule has 1 N–H and O–H groups in total. The molecule has 0 amide bonds. The Hall–Kier alpha value is -0.900. The van der Waals surface area contributed by atoms with E-state index in [1.165, 1.54) is 18.2 Å². The van der Waals surface area contributed by atoms with Crippen LogP contribution in [-0.4, -0.2) is 5.11 Å². The Morgan fingerprint density at radius 1 is 1.22 bits per heavy atom. The van der Waals surface area contributed by atoms with Gasteiger partial charge >= 0.3 is 0 Å². The molecule has 0 aliphatic carbocycles. The largest absolute Gasteiger partial charge is 0.388 e. The van der Waals surface area contributed by atoms with Crippen LogP contribution in [-0.2, 0) is 6.42 Å². The lowest BCUT2D eigenvalue weighted by Gasteiger charge is -2.14. The predicted octanol–water partition coefficient (Wildman–Crippen LogP) is 4.52. The molecule has 2 aromatic rings. The highest BCUT2D eigenvalue weighted by molar-refractivity contribution is 9.10. The summed E-state index contributed by atoms with van der Waals surface area (Å²) in [7, 11) is 0. The molecule has 18 heavy (non-hydrogen) atoms. The van der Waals surface area contributed by atoms with Crippen molar-refractivity contribution in [2.75, 3.05) is 0 Å². The monoisotopic (exact) mass is 328 g/mol. The van der Waals surface area contributed by atoms with E-state index in [0.717, 1.165) is 10.0 Å². The van der Waals surface area contributed by atoms with Gasteiger partial charge in [-0.2, -0.15) is 0 Å². The summed E-state index contributed by atoms with van der Waals surface area (Å²) in [6.07, 6.45) is -0.447. The van der Waals surface area contributed by atoms with Crippen LogP contribution in [0.1, 0.15) is 17.2 Å². The van der Waals surface area contributed by atoms with Gasteiger partial charge in [0, 0.05) is 21.5 Å². The first-order valence-electron chi connectivity index (χ1n) is 5.44. The fourth-order valence-electron chi connectivity index (χ4n) is 1.75. The molecular formula is C14H11BrClFO. The molecule has 0 fully saturated rings. The Bertz CT molecular complexity index is 559. The SMILES string of the molecule is OC(Cc1ccccc1Br)c1cc(F)ccc1Cl. The Labute approximate surface area is 118 Å². The van der Waals surface area contributed by atoms with Crippen LogP contribution < -0.4 is 0 Å². The molecular weight excluding hydrogens is 319 g/mol. The van der Waals surface area contributed by atoms with Crippen LogP contribution in [0.5, 0.6) is 0 Å². The third-order valence-electron chi connectivity index (χ3n) is 2.69. The summed E-state index contributed by atoms with van der Waals surface area (Å²) < 4.78 is 14.1. The zero-order valence-corrected chi connectivity index (χ0v) is 11.7. The number of halogens is 3. The van der Waals surface area contributed by atoms with Gasteiger partial charge in [-0.25, -0.2) is 4.39 Å². The van der Waals surface area contributed by atoms with Crippen molar-refractivity contribution < 1.29 is 9.50 Å². The molecule has 0 saturated carbocycles. The van der Waals surface area contributed by atoms with Gasteiger partial charge < -0.3 is 5.11 Å². The first-order valence-corrected chi connectivity index (χ1v) is 6.61. The van der Waals surface area contributed by atoms with Gasteiger partial charge in [0.25, 0.3) is 0 Å². The maximum absolute atomic E-state index is 13.1. The predicted molar refractivity (Wildman–Crippen MR) is 74.2 cm³/mol. The molecule has 2 aromatic carbocycles. The lowest BCUT2D eigenvalue weighted by molar-refractivity contribution is 0.178. The summed E-state index contributed by atoms with van der Waals surface area (Å²) in [5, 5.41) is 10.5. The van der Waals surface area contributed by atoms with E-state index in [1.54, 1.807) is 0 Å². The van der Waals surface area contributed by atoms with Crippen LogP contribution in [0.15, 0.2) is 46.9 Å². The Morgan fingerprint density at radius 3 is 2.67 bits per heavy atom. The lowest BCUT2D eigenvalue weighted by Crippen LogP contribution is -2.03. The average molecular weight is 330 g/mol. The number of hydrogen-bond acceptors (Lipinski definition) is 1. The number of aliphatic hydroxyl groups excluding tert-OH is 1. The van der Waals surface area contributed by atoms with Crippen molar-refractivity contribution in [2.45, 2.75) is 12.5 Å². The maximum atomic E-state index is 13.1. The minimum absolute atomic E-state index is 0.371. The molecule has 0 aromatic heterocycles. The molecule has 4 heteroatoms. The fraction of sp³-hybridized carbons (Fsp3) is 0.143. The smallest absolute Gasteiger partial charge is 0.123 e. The highest BCUT2D eigenvalue weighted by atomic mass is 79.9. The van der Waals surface area contributed by atoms with Gasteiger partial charge in [0.15, 0.2) is 0 Å². The van der Waals surface area contributed by atoms with Crippen LogP contribution in [0, 0.1) is 5.82 Å². The van der Waals surface area contributed by atoms with Gasteiger partial charge in [-0.1, -0.05) is 45.7 Å². The maximum Gasteiger partial charge on any atom is 0.123 e. The molecule has 0 spiro atoms. The highest BCUT2D eigenvalue weighted by Gasteiger charge is 2.14. The lowest BCUT2D eigenvalue weighted by atomic mass is 10.0. The Kier molecular flexibility index (Phi) is 4.38. The van der Waals surface area contributed by atoms with Crippen molar-refractivity contribution in [2.24, 2.45) is 0 Å². The molecule has 1 nitrogen and oxygen atoms in total. The van der Waals surface area contributed by atoms with Gasteiger partial charge in [0.05, 0.1) is 6.10 Å². The van der Waals surface area contributed by atoms with Crippen LogP contribution >= 0.6 is 27.5 Å². The standard InChI is InChI=1S/C14H11BrClFO/c15-12-4-2-1-3-9(12)7-14(18)11-8-10(17)5-6-13(11)16/h1-6,8,14,18H,7H2. The van der Waals surface area contributed by atoms with Crippen LogP contribution in [0.2, 0.25) is 5.02 Å². The van der Waals surface area contributed by atoms with Crippen molar-refractivity contribution in [1.29, 1.82) is 0 Å². The number of benzene rings is 2. The molecule has 2 rings (SSSR count). The molecule has 0 aliphatic heterocycles. The molecule has 1 atom stereocenters. The molecule has 0 bridgehead atoms. The van der Waals surface area contributed by atoms with E-state index in [-0.39, 0.29) is 0 Å². The van der Waals surface area contributed by atoms with Gasteiger partial charge in [0.1, 0.15) is 5.82 Å². The van der Waals surface area contributed by atoms with Crippen molar-refractivity contribution in [3.8, 4) is 0 Å². The van der Waals surface area contributed by atoms with E-state index in [4.69, 9.17) is 11.6 Å². The van der Waals surface area contributed by atoms with Crippen molar-refractivity contribution in [1.82, 2.24) is 0 Å². The van der Waals surface area contributed by atoms with Crippen LogP contribution in [0.3, 0.4) is 0 Å². The second-order valence-corrected chi connectivity index (χ2v) is 5.24. The van der Waals surface area contributed by atoms with Crippen molar-refractivity contribution in [3.63, 3.8) is 0 Å². The first kappa shape index (κ1) is 13.5. The van der Waals surface area contributed by atoms with Gasteiger partial charge in [-0.3, -0.25) is 0 Å². The first-order chi connectivity index (χ1) is 8.58. The van der Waals surface area contributed by atoms with E-state index in [0.29, 0.717) is 17.0 Å². The van der Waals surface area contributed by atoms with Gasteiger partial charge in [-0.15, -0.1) is 0 Å². The van der Waals surface area contributed by atoms with E-state index in [9.17, 15) is 9.50 Å². The zero-order valence-electron chi connectivity index (χ0n) is 9.41. The highest BCUT2D eigenvalue weighted by Crippen LogP contribution is 2.28. The minimum Gasteiger partial charge on any atom is -0.388 e. The van der Waals surface area contributed by atoms with Crippen molar-refractivity contribution in [3.05, 3.63) is 68.9 Å². The Balaban J connectivity index is 2.25. The van der Waals surface area contributed by atoms with Crippen LogP contribution in [0.25, 0.3) is 0 Å². The average Bonchev–Trinajstić information content (AvgIpc) is 2.35. The summed E-state index contributed by atoms with van der Waals surface area (Å²) in [5.41, 5.74) is 1.36. The van der Waals surface area contributed by atoms with E-state index < -0.39 is 11.9 Å². The summed E-state index contributed by atoms with van der Waals surface area (Å²) in [4.78, 5) is 0. The van der Waals surface area contributed by atoms with E-state index in [2.05, 4.69) is 15.9 Å². The van der Waals surface area contributed by atoms with Crippen molar-refractivity contribution >= 4 is 27.5 Å². The quantitative estimate of drug-likeness (QED) is 0.878. The second-order valence-electron chi connectivity index (χ2n) is 3.98. The molecule has 0 radical (unpaired) electrons. The molecule has 94 valence electrons. The molecule has 0 heterocycles. The van der Waals surface area contributed by atoms with Crippen LogP contribution in [0.4, 0.5) is 4.39 Å². The number of hydrogen-bond donors (Lipinski definition) is 1. The zero-order chi connectivity index (χ0) is 13.1. The third-order valence-corrected chi connectivity index (χ3v) is 3.81. The van der Waals surface area contributed by atoms with Gasteiger partial charge in [0.2, 0.25) is 0 Å². The molecule has 0 aliphatic rings. The normalized spacial score (nSPS) is 12.4. The minimum atomic E-state index is -0.827. The number of aliphatic hydroxyl groups is 1. The van der Waals surface area contributed by atoms with Gasteiger partial charge in [-0.05, 0) is 29.8 Å². The summed E-state index contributed by atoms with van der Waals surface area (Å²) in [5.74, 6) is -0.402. The topological polar surface area (TPSA) is 20.2 Å². The van der Waals surface area contributed by atoms with E-state index >= 15 is 0 Å². The van der Waals surface area contributed by atoms with E-state index in [1.807, 2.05) is 24.3 Å². The fourth-order valence-corrected chi connectivity index (χ4v) is 2.44. The summed E-state index contributed by atoms with van der Waals surface area (Å²) in [6, 6.07) is 11.6. The Morgan fingerprint density at radius 2 is 1.94 bits per heavy atom. The molecule has 1 unspecified atom stereocenters. The second kappa shape index (κ2) is 5.83. The summed E-state index contributed by atoms with van der Waals surface area (Å²) >= 11 is 9.37. The number of rotatable bonds is 3. The molecule has 0 saturated heterocycles. The third kappa shape index (κ3) is 3.10.